The maximum Gasteiger partial charge on any atom is 0.237 e. The summed E-state index contributed by atoms with van der Waals surface area (Å²) in [4.78, 5) is 14.5. The summed E-state index contributed by atoms with van der Waals surface area (Å²) < 4.78 is 2.08. The molecule has 0 aliphatic heterocycles. The van der Waals surface area contributed by atoms with Gasteiger partial charge < -0.3 is 15.5 Å². The van der Waals surface area contributed by atoms with Gasteiger partial charge >= 0.3 is 0 Å². The van der Waals surface area contributed by atoms with Crippen LogP contribution in [0, 0.1) is 12.8 Å². The number of nitrogens with zero attached hydrogens (tertiary/aromatic N) is 3. The van der Waals surface area contributed by atoms with Crippen LogP contribution in [0.25, 0.3) is 0 Å². The Morgan fingerprint density at radius 1 is 1.28 bits per heavy atom. The summed E-state index contributed by atoms with van der Waals surface area (Å²) in [6.07, 6.45) is 4.69. The summed E-state index contributed by atoms with van der Waals surface area (Å²) in [5, 5.41) is 11.3. The summed E-state index contributed by atoms with van der Waals surface area (Å²) >= 11 is 0. The molecule has 0 unspecified atom stereocenters. The molecular formula is C19H35N5O. The molecule has 6 heteroatoms. The number of aryl methyl sites for hydroxylation is 1. The Morgan fingerprint density at radius 3 is 2.48 bits per heavy atom. The van der Waals surface area contributed by atoms with Gasteiger partial charge in [-0.15, -0.1) is 0 Å². The largest absolute Gasteiger partial charge is 0.363 e. The van der Waals surface area contributed by atoms with Crippen molar-refractivity contribution in [1.29, 1.82) is 0 Å². The number of carbonyl (C=O) groups excluding carboxylic acids is 1. The number of carbonyl (C=O) groups is 1. The number of hydrogen-bond acceptors (Lipinski definition) is 4. The predicted octanol–water partition coefficient (Wildman–Crippen LogP) is 2.45. The molecule has 0 saturated heterocycles. The molecule has 6 nitrogen and oxygen atoms in total. The minimum Gasteiger partial charge on any atom is -0.363 e. The van der Waals surface area contributed by atoms with Crippen molar-refractivity contribution in [2.24, 2.45) is 5.92 Å². The summed E-state index contributed by atoms with van der Waals surface area (Å²) in [6.45, 7) is 9.92. The molecule has 1 saturated carbocycles. The number of nitrogens with one attached hydrogen (secondary N) is 2. The van der Waals surface area contributed by atoms with E-state index in [4.69, 9.17) is 5.10 Å². The molecule has 0 aromatic carbocycles. The van der Waals surface area contributed by atoms with Crippen molar-refractivity contribution in [3.63, 3.8) is 0 Å². The van der Waals surface area contributed by atoms with Crippen molar-refractivity contribution >= 4 is 11.7 Å². The zero-order chi connectivity index (χ0) is 18.6. The van der Waals surface area contributed by atoms with Crippen LogP contribution < -0.4 is 15.5 Å². The maximum atomic E-state index is 12.4. The lowest BCUT2D eigenvalue weighted by molar-refractivity contribution is -0.123. The van der Waals surface area contributed by atoms with Gasteiger partial charge in [-0.3, -0.25) is 4.79 Å². The van der Waals surface area contributed by atoms with E-state index in [0.717, 1.165) is 30.9 Å². The van der Waals surface area contributed by atoms with E-state index >= 15 is 0 Å². The average molecular weight is 350 g/mol. The summed E-state index contributed by atoms with van der Waals surface area (Å²) in [5.74, 6) is 1.77. The van der Waals surface area contributed by atoms with E-state index in [9.17, 15) is 4.79 Å². The average Bonchev–Trinajstić information content (AvgIpc) is 3.11. The van der Waals surface area contributed by atoms with Crippen LogP contribution in [-0.2, 0) is 17.9 Å². The van der Waals surface area contributed by atoms with Gasteiger partial charge in [0, 0.05) is 38.8 Å². The monoisotopic (exact) mass is 349 g/mol. The standard InChI is InChI=1S/C19H35N5O/c1-13(2)12-24-19(23(5)6)17(14(3)22-24)11-20-15(4)18(25)21-16-9-7-8-10-16/h13,15-16,20H,7-12H2,1-6H3,(H,21,25)/t15-/m0/s1. The molecule has 25 heavy (non-hydrogen) atoms. The fourth-order valence-electron chi connectivity index (χ4n) is 3.53. The Morgan fingerprint density at radius 2 is 1.92 bits per heavy atom. The molecule has 142 valence electrons. The molecule has 0 bridgehead atoms. The SMILES string of the molecule is Cc1nn(CC(C)C)c(N(C)C)c1CN[C@@H](C)C(=O)NC1CCCC1. The van der Waals surface area contributed by atoms with Gasteiger partial charge in [-0.25, -0.2) is 4.68 Å². The van der Waals surface area contributed by atoms with E-state index in [1.54, 1.807) is 0 Å². The topological polar surface area (TPSA) is 62.2 Å². The second-order valence-corrected chi connectivity index (χ2v) is 7.95. The highest BCUT2D eigenvalue weighted by Gasteiger charge is 2.22. The van der Waals surface area contributed by atoms with Gasteiger partial charge in [0.1, 0.15) is 5.82 Å². The molecule has 2 rings (SSSR count). The molecule has 1 atom stereocenters. The van der Waals surface area contributed by atoms with E-state index in [2.05, 4.69) is 34.1 Å². The fourth-order valence-corrected chi connectivity index (χ4v) is 3.53. The van der Waals surface area contributed by atoms with Crippen LogP contribution >= 0.6 is 0 Å². The Balaban J connectivity index is 2.01. The van der Waals surface area contributed by atoms with Crippen molar-refractivity contribution in [3.8, 4) is 0 Å². The zero-order valence-corrected chi connectivity index (χ0v) is 16.7. The van der Waals surface area contributed by atoms with E-state index in [1.807, 2.05) is 27.9 Å². The maximum absolute atomic E-state index is 12.4. The molecule has 1 aromatic heterocycles. The highest BCUT2D eigenvalue weighted by molar-refractivity contribution is 5.81. The minimum atomic E-state index is -0.205. The third kappa shape index (κ3) is 5.21. The highest BCUT2D eigenvalue weighted by Crippen LogP contribution is 2.23. The Kier molecular flexibility index (Phi) is 6.87. The second-order valence-electron chi connectivity index (χ2n) is 7.95. The first-order chi connectivity index (χ1) is 11.8. The van der Waals surface area contributed by atoms with Gasteiger partial charge in [-0.05, 0) is 32.6 Å². The number of rotatable bonds is 8. The first-order valence-electron chi connectivity index (χ1n) is 9.57. The third-order valence-electron chi connectivity index (χ3n) is 4.86. The molecule has 0 spiro atoms. The summed E-state index contributed by atoms with van der Waals surface area (Å²) in [5.41, 5.74) is 2.20. The van der Waals surface area contributed by atoms with Crippen molar-refractivity contribution in [2.75, 3.05) is 19.0 Å². The minimum absolute atomic E-state index is 0.102. The molecule has 1 fully saturated rings. The van der Waals surface area contributed by atoms with Gasteiger partial charge in [-0.1, -0.05) is 26.7 Å². The Hall–Kier alpha value is -1.56. The van der Waals surface area contributed by atoms with Gasteiger partial charge in [0.2, 0.25) is 5.91 Å². The van der Waals surface area contributed by atoms with Crippen LogP contribution in [0.2, 0.25) is 0 Å². The summed E-state index contributed by atoms with van der Waals surface area (Å²) in [6, 6.07) is 0.160. The zero-order valence-electron chi connectivity index (χ0n) is 16.7. The van der Waals surface area contributed by atoms with Crippen LogP contribution in [0.5, 0.6) is 0 Å². The van der Waals surface area contributed by atoms with Gasteiger partial charge in [0.25, 0.3) is 0 Å². The van der Waals surface area contributed by atoms with Crippen LogP contribution in [0.4, 0.5) is 5.82 Å². The second kappa shape index (κ2) is 8.70. The number of amides is 1. The molecule has 1 amide bonds. The van der Waals surface area contributed by atoms with Crippen LogP contribution in [-0.4, -0.2) is 41.9 Å². The van der Waals surface area contributed by atoms with Crippen molar-refractivity contribution in [2.45, 2.75) is 78.6 Å². The summed E-state index contributed by atoms with van der Waals surface area (Å²) in [7, 11) is 4.10. The molecule has 1 aromatic rings. The lowest BCUT2D eigenvalue weighted by Gasteiger charge is -2.20. The molecule has 1 aliphatic rings. The first kappa shape index (κ1) is 19.8. The van der Waals surface area contributed by atoms with E-state index < -0.39 is 0 Å². The van der Waals surface area contributed by atoms with E-state index in [0.29, 0.717) is 18.5 Å². The molecular weight excluding hydrogens is 314 g/mol. The third-order valence-corrected chi connectivity index (χ3v) is 4.86. The lowest BCUT2D eigenvalue weighted by Crippen LogP contribution is -2.45. The fraction of sp³-hybridized carbons (Fsp3) is 0.789. The highest BCUT2D eigenvalue weighted by atomic mass is 16.2. The predicted molar refractivity (Wildman–Crippen MR) is 103 cm³/mol. The molecule has 0 radical (unpaired) electrons. The van der Waals surface area contributed by atoms with Crippen molar-refractivity contribution < 1.29 is 4.79 Å². The van der Waals surface area contributed by atoms with Gasteiger partial charge in [0.15, 0.2) is 0 Å². The van der Waals surface area contributed by atoms with Crippen LogP contribution in [0.15, 0.2) is 0 Å². The smallest absolute Gasteiger partial charge is 0.237 e. The Labute approximate surface area is 152 Å². The van der Waals surface area contributed by atoms with Crippen molar-refractivity contribution in [1.82, 2.24) is 20.4 Å². The first-order valence-corrected chi connectivity index (χ1v) is 9.57. The van der Waals surface area contributed by atoms with Crippen LogP contribution in [0.1, 0.15) is 57.7 Å². The van der Waals surface area contributed by atoms with E-state index in [1.165, 1.54) is 18.4 Å². The van der Waals surface area contributed by atoms with E-state index in [-0.39, 0.29) is 11.9 Å². The normalized spacial score (nSPS) is 16.4. The molecule has 1 heterocycles. The van der Waals surface area contributed by atoms with Gasteiger partial charge in [-0.2, -0.15) is 5.10 Å². The van der Waals surface area contributed by atoms with Crippen LogP contribution in [0.3, 0.4) is 0 Å². The van der Waals surface area contributed by atoms with Crippen molar-refractivity contribution in [3.05, 3.63) is 11.3 Å². The number of hydrogen-bond donors (Lipinski definition) is 2. The Bertz CT molecular complexity index is 573. The quantitative estimate of drug-likeness (QED) is 0.757. The number of aromatic nitrogens is 2. The molecule has 2 N–H and O–H groups in total. The number of anilines is 1. The van der Waals surface area contributed by atoms with Gasteiger partial charge in [0.05, 0.1) is 11.7 Å². The molecule has 1 aliphatic carbocycles. The lowest BCUT2D eigenvalue weighted by atomic mass is 10.2.